The molecule has 0 bridgehead atoms. The van der Waals surface area contributed by atoms with Crippen molar-refractivity contribution in [2.24, 2.45) is 11.7 Å². The Hall–Kier alpha value is -0.120. The molecular weight excluding hydrogens is 188 g/mol. The minimum Gasteiger partial charge on any atom is -0.381 e. The van der Waals surface area contributed by atoms with E-state index in [1.54, 1.807) is 0 Å². The molecule has 0 radical (unpaired) electrons. The van der Waals surface area contributed by atoms with Gasteiger partial charge in [-0.05, 0) is 38.3 Å². The average Bonchev–Trinajstić information content (AvgIpc) is 2.30. The molecule has 0 aromatic carbocycles. The zero-order valence-corrected chi connectivity index (χ0v) is 10.2. The van der Waals surface area contributed by atoms with Gasteiger partial charge in [-0.15, -0.1) is 0 Å². The Kier molecular flexibility index (Phi) is 6.22. The molecule has 15 heavy (non-hydrogen) atoms. The summed E-state index contributed by atoms with van der Waals surface area (Å²) in [4.78, 5) is 2.54. The van der Waals surface area contributed by atoms with Crippen molar-refractivity contribution in [1.82, 2.24) is 4.90 Å². The van der Waals surface area contributed by atoms with Gasteiger partial charge in [0.15, 0.2) is 0 Å². The van der Waals surface area contributed by atoms with Gasteiger partial charge in [-0.2, -0.15) is 0 Å². The first-order valence-electron chi connectivity index (χ1n) is 6.35. The highest BCUT2D eigenvalue weighted by Gasteiger charge is 2.26. The number of hydrogen-bond acceptors (Lipinski definition) is 3. The van der Waals surface area contributed by atoms with Gasteiger partial charge >= 0.3 is 0 Å². The van der Waals surface area contributed by atoms with Crippen LogP contribution in [0.25, 0.3) is 0 Å². The summed E-state index contributed by atoms with van der Waals surface area (Å²) in [7, 11) is 0. The maximum absolute atomic E-state index is 5.93. The molecule has 1 heterocycles. The van der Waals surface area contributed by atoms with Gasteiger partial charge in [-0.1, -0.05) is 13.8 Å². The molecule has 0 aliphatic carbocycles. The van der Waals surface area contributed by atoms with Gasteiger partial charge in [0.25, 0.3) is 0 Å². The smallest absolute Gasteiger partial charge is 0.0469 e. The van der Waals surface area contributed by atoms with Crippen molar-refractivity contribution in [3.05, 3.63) is 0 Å². The van der Waals surface area contributed by atoms with Crippen LogP contribution in [0, 0.1) is 5.92 Å². The van der Waals surface area contributed by atoms with E-state index in [2.05, 4.69) is 18.7 Å². The van der Waals surface area contributed by atoms with Crippen molar-refractivity contribution in [2.45, 2.75) is 39.2 Å². The van der Waals surface area contributed by atoms with Crippen LogP contribution in [0.1, 0.15) is 33.1 Å². The van der Waals surface area contributed by atoms with E-state index in [1.807, 2.05) is 0 Å². The molecule has 1 rings (SSSR count). The van der Waals surface area contributed by atoms with E-state index in [0.29, 0.717) is 6.04 Å². The first-order valence-corrected chi connectivity index (χ1v) is 6.35. The minimum atomic E-state index is 0.568. The SMILES string of the molecule is CCCN(CC)C(CN)C1CCOCC1. The molecule has 90 valence electrons. The predicted octanol–water partition coefficient (Wildman–Crippen LogP) is 1.47. The molecule has 1 saturated heterocycles. The predicted molar refractivity (Wildman–Crippen MR) is 63.9 cm³/mol. The van der Waals surface area contributed by atoms with Crippen LogP contribution in [0.15, 0.2) is 0 Å². The van der Waals surface area contributed by atoms with Crippen LogP contribution in [-0.2, 0) is 4.74 Å². The molecule has 1 fully saturated rings. The Morgan fingerprint density at radius 3 is 2.47 bits per heavy atom. The fraction of sp³-hybridized carbons (Fsp3) is 1.00. The summed E-state index contributed by atoms with van der Waals surface area (Å²) in [5.74, 6) is 0.746. The lowest BCUT2D eigenvalue weighted by Gasteiger charge is -2.37. The van der Waals surface area contributed by atoms with E-state index in [4.69, 9.17) is 10.5 Å². The monoisotopic (exact) mass is 214 g/mol. The molecule has 0 aromatic heterocycles. The third kappa shape index (κ3) is 3.74. The second-order valence-corrected chi connectivity index (χ2v) is 4.38. The first kappa shape index (κ1) is 12.9. The van der Waals surface area contributed by atoms with Crippen LogP contribution in [0.4, 0.5) is 0 Å². The Morgan fingerprint density at radius 2 is 2.00 bits per heavy atom. The third-order valence-corrected chi connectivity index (χ3v) is 3.44. The summed E-state index contributed by atoms with van der Waals surface area (Å²) in [6.45, 7) is 9.40. The summed E-state index contributed by atoms with van der Waals surface area (Å²) in [6, 6.07) is 0.568. The molecule has 1 aliphatic rings. The summed E-state index contributed by atoms with van der Waals surface area (Å²) in [6.07, 6.45) is 3.58. The lowest BCUT2D eigenvalue weighted by Crippen LogP contribution is -2.47. The maximum Gasteiger partial charge on any atom is 0.0469 e. The van der Waals surface area contributed by atoms with Crippen LogP contribution in [-0.4, -0.2) is 43.8 Å². The van der Waals surface area contributed by atoms with E-state index in [-0.39, 0.29) is 0 Å². The topological polar surface area (TPSA) is 38.5 Å². The number of ether oxygens (including phenoxy) is 1. The Morgan fingerprint density at radius 1 is 1.33 bits per heavy atom. The number of rotatable bonds is 6. The maximum atomic E-state index is 5.93. The van der Waals surface area contributed by atoms with Crippen LogP contribution < -0.4 is 5.73 Å². The van der Waals surface area contributed by atoms with Gasteiger partial charge in [0.05, 0.1) is 0 Å². The third-order valence-electron chi connectivity index (χ3n) is 3.44. The summed E-state index contributed by atoms with van der Waals surface area (Å²) >= 11 is 0. The first-order chi connectivity index (χ1) is 7.33. The van der Waals surface area contributed by atoms with Crippen molar-refractivity contribution >= 4 is 0 Å². The molecule has 1 aliphatic heterocycles. The zero-order valence-electron chi connectivity index (χ0n) is 10.2. The van der Waals surface area contributed by atoms with Gasteiger partial charge < -0.3 is 10.5 Å². The van der Waals surface area contributed by atoms with E-state index < -0.39 is 0 Å². The molecule has 0 saturated carbocycles. The Balaban J connectivity index is 2.50. The highest BCUT2D eigenvalue weighted by Crippen LogP contribution is 2.22. The molecule has 0 aromatic rings. The van der Waals surface area contributed by atoms with Gasteiger partial charge in [0, 0.05) is 25.8 Å². The van der Waals surface area contributed by atoms with E-state index in [9.17, 15) is 0 Å². The highest BCUT2D eigenvalue weighted by atomic mass is 16.5. The summed E-state index contributed by atoms with van der Waals surface area (Å²) < 4.78 is 5.41. The molecule has 0 spiro atoms. The quantitative estimate of drug-likeness (QED) is 0.728. The van der Waals surface area contributed by atoms with Crippen LogP contribution >= 0.6 is 0 Å². The number of hydrogen-bond donors (Lipinski definition) is 1. The van der Waals surface area contributed by atoms with E-state index in [0.717, 1.165) is 32.2 Å². The van der Waals surface area contributed by atoms with Crippen molar-refractivity contribution in [3.8, 4) is 0 Å². The minimum absolute atomic E-state index is 0.568. The number of nitrogens with two attached hydrogens (primary N) is 1. The highest BCUT2D eigenvalue weighted by molar-refractivity contribution is 4.81. The van der Waals surface area contributed by atoms with Gasteiger partial charge in [-0.25, -0.2) is 0 Å². The molecule has 2 N–H and O–H groups in total. The van der Waals surface area contributed by atoms with E-state index >= 15 is 0 Å². The van der Waals surface area contributed by atoms with Crippen LogP contribution in [0.2, 0.25) is 0 Å². The van der Waals surface area contributed by atoms with E-state index in [1.165, 1.54) is 25.8 Å². The van der Waals surface area contributed by atoms with Crippen molar-refractivity contribution < 1.29 is 4.74 Å². The molecule has 0 amide bonds. The van der Waals surface area contributed by atoms with Gasteiger partial charge in [-0.3, -0.25) is 4.90 Å². The Labute approximate surface area is 94.0 Å². The number of likely N-dealkylation sites (N-methyl/N-ethyl adjacent to an activating group) is 1. The molecule has 1 atom stereocenters. The number of nitrogens with zero attached hydrogens (tertiary/aromatic N) is 1. The lowest BCUT2D eigenvalue weighted by molar-refractivity contribution is 0.0288. The van der Waals surface area contributed by atoms with Gasteiger partial charge in [0.2, 0.25) is 0 Å². The lowest BCUT2D eigenvalue weighted by atomic mass is 9.90. The van der Waals surface area contributed by atoms with Crippen LogP contribution in [0.3, 0.4) is 0 Å². The van der Waals surface area contributed by atoms with Crippen molar-refractivity contribution in [3.63, 3.8) is 0 Å². The Bertz CT molecular complexity index is 153. The fourth-order valence-electron chi connectivity index (χ4n) is 2.59. The molecule has 3 nitrogen and oxygen atoms in total. The van der Waals surface area contributed by atoms with Crippen LogP contribution in [0.5, 0.6) is 0 Å². The fourth-order valence-corrected chi connectivity index (χ4v) is 2.59. The second kappa shape index (κ2) is 7.20. The normalized spacial score (nSPS) is 20.8. The molecular formula is C12H26N2O. The molecule has 3 heteroatoms. The standard InChI is InChI=1S/C12H26N2O/c1-3-7-14(4-2)12(10-13)11-5-8-15-9-6-11/h11-12H,3-10,13H2,1-2H3. The largest absolute Gasteiger partial charge is 0.381 e. The average molecular weight is 214 g/mol. The summed E-state index contributed by atoms with van der Waals surface area (Å²) in [5, 5.41) is 0. The second-order valence-electron chi connectivity index (χ2n) is 4.38. The summed E-state index contributed by atoms with van der Waals surface area (Å²) in [5.41, 5.74) is 5.93. The van der Waals surface area contributed by atoms with Gasteiger partial charge in [0.1, 0.15) is 0 Å². The van der Waals surface area contributed by atoms with Crippen molar-refractivity contribution in [2.75, 3.05) is 32.8 Å². The molecule has 1 unspecified atom stereocenters. The van der Waals surface area contributed by atoms with Crippen molar-refractivity contribution in [1.29, 1.82) is 0 Å². The zero-order chi connectivity index (χ0) is 11.1.